The Kier molecular flexibility index (Phi) is 5.52. The van der Waals surface area contributed by atoms with Crippen molar-refractivity contribution in [2.75, 3.05) is 5.73 Å². The predicted molar refractivity (Wildman–Crippen MR) is 132 cm³/mol. The highest BCUT2D eigenvalue weighted by atomic mass is 16.5. The number of nitrogens with zero attached hydrogens (tertiary/aromatic N) is 4. The smallest absolute Gasteiger partial charge is 0.164 e. The fourth-order valence-corrected chi connectivity index (χ4v) is 4.93. The van der Waals surface area contributed by atoms with Gasteiger partial charge in [-0.15, -0.1) is 0 Å². The van der Waals surface area contributed by atoms with Crippen molar-refractivity contribution in [3.05, 3.63) is 60.9 Å². The van der Waals surface area contributed by atoms with Crippen LogP contribution in [0.25, 0.3) is 22.3 Å². The zero-order valence-electron chi connectivity index (χ0n) is 19.5. The maximum atomic E-state index is 6.34. The molecule has 33 heavy (non-hydrogen) atoms. The molecule has 2 aromatic heterocycles. The van der Waals surface area contributed by atoms with E-state index < -0.39 is 0 Å². The first-order valence-corrected chi connectivity index (χ1v) is 11.7. The molecule has 2 aromatic carbocycles. The number of para-hydroxylation sites is 1. The lowest BCUT2D eigenvalue weighted by Crippen LogP contribution is -2.28. The molecule has 1 saturated carbocycles. The predicted octanol–water partition coefficient (Wildman–Crippen LogP) is 6.65. The summed E-state index contributed by atoms with van der Waals surface area (Å²) in [6.07, 6.45) is 6.23. The number of fused-ring (bicyclic) bond motifs is 1. The van der Waals surface area contributed by atoms with Gasteiger partial charge in [-0.25, -0.2) is 14.6 Å². The van der Waals surface area contributed by atoms with Crippen LogP contribution in [0.4, 0.5) is 5.82 Å². The lowest BCUT2D eigenvalue weighted by Gasteiger charge is -2.37. The zero-order chi connectivity index (χ0) is 23.0. The number of hydrogen-bond acceptors (Lipinski definition) is 5. The Balaban J connectivity index is 1.50. The normalized spacial score (nSPS) is 19.0. The minimum Gasteiger partial charge on any atom is -0.457 e. The third kappa shape index (κ3) is 4.30. The number of benzene rings is 2. The maximum Gasteiger partial charge on any atom is 0.164 e. The first-order chi connectivity index (χ1) is 15.9. The summed E-state index contributed by atoms with van der Waals surface area (Å²) in [6.45, 7) is 7.02. The van der Waals surface area contributed by atoms with E-state index in [1.807, 2.05) is 54.6 Å². The molecule has 0 saturated heterocycles. The Morgan fingerprint density at radius 3 is 2.39 bits per heavy atom. The number of nitrogens with two attached hydrogens (primary N) is 1. The number of aromatic nitrogens is 4. The molecule has 0 amide bonds. The highest BCUT2D eigenvalue weighted by molar-refractivity contribution is 5.98. The van der Waals surface area contributed by atoms with Gasteiger partial charge in [-0.1, -0.05) is 45.4 Å². The summed E-state index contributed by atoms with van der Waals surface area (Å²) >= 11 is 0. The topological polar surface area (TPSA) is 78.9 Å². The van der Waals surface area contributed by atoms with E-state index in [2.05, 4.69) is 35.4 Å². The van der Waals surface area contributed by atoms with Crippen LogP contribution in [0.15, 0.2) is 60.9 Å². The van der Waals surface area contributed by atoms with Crippen LogP contribution in [0.2, 0.25) is 0 Å². The quantitative estimate of drug-likeness (QED) is 0.384. The monoisotopic (exact) mass is 441 g/mol. The van der Waals surface area contributed by atoms with E-state index >= 15 is 0 Å². The maximum absolute atomic E-state index is 6.34. The molecule has 0 radical (unpaired) electrons. The Labute approximate surface area is 194 Å². The molecule has 0 aliphatic heterocycles. The van der Waals surface area contributed by atoms with Gasteiger partial charge >= 0.3 is 0 Å². The first-order valence-electron chi connectivity index (χ1n) is 11.7. The second-order valence-corrected chi connectivity index (χ2v) is 10.1. The van der Waals surface area contributed by atoms with Gasteiger partial charge in [0.05, 0.1) is 11.4 Å². The Morgan fingerprint density at radius 2 is 1.67 bits per heavy atom. The molecule has 4 aromatic rings. The SMILES string of the molecule is CC(C)(C)C1CCC[C@@H](n2nc(-c3ccc(Oc4ccccc4)cc3)c3c(N)ncnc32)C1. The van der Waals surface area contributed by atoms with Crippen molar-refractivity contribution in [3.8, 4) is 22.8 Å². The van der Waals surface area contributed by atoms with Crippen molar-refractivity contribution in [1.82, 2.24) is 19.7 Å². The molecule has 2 N–H and O–H groups in total. The van der Waals surface area contributed by atoms with E-state index in [1.165, 1.54) is 12.8 Å². The van der Waals surface area contributed by atoms with Crippen molar-refractivity contribution in [2.45, 2.75) is 52.5 Å². The van der Waals surface area contributed by atoms with Crippen LogP contribution in [0.5, 0.6) is 11.5 Å². The lowest BCUT2D eigenvalue weighted by molar-refractivity contribution is 0.140. The second-order valence-electron chi connectivity index (χ2n) is 10.1. The van der Waals surface area contributed by atoms with Gasteiger partial charge < -0.3 is 10.5 Å². The highest BCUT2D eigenvalue weighted by Gasteiger charge is 2.33. The molecule has 1 unspecified atom stereocenters. The van der Waals surface area contributed by atoms with Gasteiger partial charge in [0.1, 0.15) is 29.3 Å². The molecule has 2 heterocycles. The van der Waals surface area contributed by atoms with Crippen molar-refractivity contribution in [2.24, 2.45) is 11.3 Å². The van der Waals surface area contributed by atoms with E-state index in [4.69, 9.17) is 15.6 Å². The summed E-state index contributed by atoms with van der Waals surface area (Å²) in [5, 5.41) is 5.89. The minimum atomic E-state index is 0.285. The number of rotatable bonds is 4. The lowest BCUT2D eigenvalue weighted by atomic mass is 9.71. The van der Waals surface area contributed by atoms with Crippen LogP contribution in [0.1, 0.15) is 52.5 Å². The molecule has 6 heteroatoms. The van der Waals surface area contributed by atoms with Gasteiger partial charge in [0, 0.05) is 5.56 Å². The summed E-state index contributed by atoms with van der Waals surface area (Å²) in [6, 6.07) is 18.1. The van der Waals surface area contributed by atoms with E-state index in [-0.39, 0.29) is 5.41 Å². The van der Waals surface area contributed by atoms with Crippen molar-refractivity contribution in [1.29, 1.82) is 0 Å². The third-order valence-corrected chi connectivity index (χ3v) is 6.84. The standard InChI is InChI=1S/C27H31N5O/c1-27(2,3)19-8-7-9-20(16-19)32-26-23(25(28)29-17-30-26)24(31-32)18-12-14-22(15-13-18)33-21-10-5-4-6-11-21/h4-6,10-15,17,19-20H,7-9,16H2,1-3H3,(H2,28,29,30)/t19?,20-/m1/s1. The van der Waals surface area contributed by atoms with Gasteiger partial charge in [0.2, 0.25) is 0 Å². The third-order valence-electron chi connectivity index (χ3n) is 6.84. The van der Waals surface area contributed by atoms with Crippen LogP contribution >= 0.6 is 0 Å². The molecule has 0 spiro atoms. The van der Waals surface area contributed by atoms with Gasteiger partial charge in [0.15, 0.2) is 5.65 Å². The van der Waals surface area contributed by atoms with Gasteiger partial charge in [-0.2, -0.15) is 5.10 Å². The first kappa shape index (κ1) is 21.4. The van der Waals surface area contributed by atoms with Gasteiger partial charge in [-0.05, 0) is 67.0 Å². The second kappa shape index (κ2) is 8.50. The summed E-state index contributed by atoms with van der Waals surface area (Å²) < 4.78 is 8.06. The summed E-state index contributed by atoms with van der Waals surface area (Å²) in [5.74, 6) is 2.71. The van der Waals surface area contributed by atoms with E-state index in [1.54, 1.807) is 6.33 Å². The minimum absolute atomic E-state index is 0.285. The van der Waals surface area contributed by atoms with Crippen LogP contribution in [-0.4, -0.2) is 19.7 Å². The Bertz CT molecular complexity index is 1240. The van der Waals surface area contributed by atoms with Gasteiger partial charge in [0.25, 0.3) is 0 Å². The summed E-state index contributed by atoms with van der Waals surface area (Å²) in [7, 11) is 0. The van der Waals surface area contributed by atoms with Crippen molar-refractivity contribution < 1.29 is 4.74 Å². The van der Waals surface area contributed by atoms with E-state index in [9.17, 15) is 0 Å². The highest BCUT2D eigenvalue weighted by Crippen LogP contribution is 2.43. The molecule has 0 bridgehead atoms. The molecular weight excluding hydrogens is 410 g/mol. The van der Waals surface area contributed by atoms with Crippen LogP contribution in [0.3, 0.4) is 0 Å². The average Bonchev–Trinajstić information content (AvgIpc) is 3.21. The number of ether oxygens (including phenoxy) is 1. The summed E-state index contributed by atoms with van der Waals surface area (Å²) in [5.41, 5.74) is 9.24. The number of anilines is 1. The molecule has 170 valence electrons. The molecule has 6 nitrogen and oxygen atoms in total. The van der Waals surface area contributed by atoms with Crippen molar-refractivity contribution >= 4 is 16.9 Å². The Hall–Kier alpha value is -3.41. The zero-order valence-corrected chi connectivity index (χ0v) is 19.5. The van der Waals surface area contributed by atoms with Crippen LogP contribution in [-0.2, 0) is 0 Å². The largest absolute Gasteiger partial charge is 0.457 e. The van der Waals surface area contributed by atoms with Crippen LogP contribution in [0, 0.1) is 11.3 Å². The van der Waals surface area contributed by atoms with Gasteiger partial charge in [-0.3, -0.25) is 0 Å². The molecule has 1 fully saturated rings. The molecule has 1 aliphatic carbocycles. The molecular formula is C27H31N5O. The average molecular weight is 442 g/mol. The fourth-order valence-electron chi connectivity index (χ4n) is 4.93. The molecule has 1 aliphatic rings. The van der Waals surface area contributed by atoms with Crippen LogP contribution < -0.4 is 10.5 Å². The van der Waals surface area contributed by atoms with Crippen molar-refractivity contribution in [3.63, 3.8) is 0 Å². The van der Waals surface area contributed by atoms with E-state index in [0.29, 0.717) is 17.8 Å². The Morgan fingerprint density at radius 1 is 0.939 bits per heavy atom. The molecule has 5 rings (SSSR count). The molecule has 2 atom stereocenters. The summed E-state index contributed by atoms with van der Waals surface area (Å²) in [4.78, 5) is 8.88. The number of nitrogen functional groups attached to an aromatic ring is 1. The number of hydrogen-bond donors (Lipinski definition) is 1. The van der Waals surface area contributed by atoms with E-state index in [0.717, 1.165) is 46.6 Å². The fraction of sp³-hybridized carbons (Fsp3) is 0.370.